The second kappa shape index (κ2) is 4.69. The van der Waals surface area contributed by atoms with Gasteiger partial charge in [0.1, 0.15) is 5.75 Å². The summed E-state index contributed by atoms with van der Waals surface area (Å²) in [6.07, 6.45) is 2.69. The summed E-state index contributed by atoms with van der Waals surface area (Å²) in [5, 5.41) is 0. The molecule has 1 aromatic carbocycles. The van der Waals surface area contributed by atoms with Gasteiger partial charge < -0.3 is 4.74 Å². The van der Waals surface area contributed by atoms with Crippen LogP contribution in [0.3, 0.4) is 0 Å². The fraction of sp³-hybridized carbons (Fsp3) is 0.353. The molecule has 1 unspecified atom stereocenters. The van der Waals surface area contributed by atoms with Gasteiger partial charge in [-0.3, -0.25) is 0 Å². The van der Waals surface area contributed by atoms with Gasteiger partial charge in [-0.1, -0.05) is 39.0 Å². The summed E-state index contributed by atoms with van der Waals surface area (Å²) >= 11 is 0. The molecule has 1 aromatic heterocycles. The molecule has 1 atom stereocenters. The molecule has 2 nitrogen and oxygen atoms in total. The topological polar surface area (TPSA) is 22.1 Å². The molecule has 1 aliphatic rings. The average Bonchev–Trinajstić information content (AvgIpc) is 2.43. The number of fused-ring (bicyclic) bond motifs is 2. The number of nitrogens with zero attached hydrogens (tertiary/aromatic N) is 1. The van der Waals surface area contributed by atoms with Crippen LogP contribution in [0.25, 0.3) is 0 Å². The number of benzene rings is 1. The Morgan fingerprint density at radius 3 is 2.74 bits per heavy atom. The summed E-state index contributed by atoms with van der Waals surface area (Å²) in [7, 11) is 0. The van der Waals surface area contributed by atoms with E-state index in [1.54, 1.807) is 6.20 Å². The van der Waals surface area contributed by atoms with Gasteiger partial charge in [0.2, 0.25) is 5.88 Å². The van der Waals surface area contributed by atoms with Gasteiger partial charge in [-0.15, -0.1) is 0 Å². The molecule has 98 valence electrons. The van der Waals surface area contributed by atoms with E-state index in [0.717, 1.165) is 18.1 Å². The molecule has 2 aromatic rings. The van der Waals surface area contributed by atoms with Crippen molar-refractivity contribution in [2.24, 2.45) is 5.92 Å². The smallest absolute Gasteiger partial charge is 0.222 e. The van der Waals surface area contributed by atoms with Crippen LogP contribution >= 0.6 is 0 Å². The predicted molar refractivity (Wildman–Crippen MR) is 76.8 cm³/mol. The largest absolute Gasteiger partial charge is 0.438 e. The van der Waals surface area contributed by atoms with Crippen LogP contribution in [0.5, 0.6) is 11.6 Å². The Labute approximate surface area is 114 Å². The Kier molecular flexibility index (Phi) is 3.02. The van der Waals surface area contributed by atoms with E-state index in [0.29, 0.717) is 11.8 Å². The van der Waals surface area contributed by atoms with E-state index < -0.39 is 0 Å². The molecule has 0 saturated carbocycles. The highest BCUT2D eigenvalue weighted by atomic mass is 16.5. The first-order valence-corrected chi connectivity index (χ1v) is 6.89. The van der Waals surface area contributed by atoms with Gasteiger partial charge in [0.05, 0.1) is 0 Å². The molecule has 0 aliphatic carbocycles. The average molecular weight is 253 g/mol. The second-order valence-electron chi connectivity index (χ2n) is 5.65. The first-order chi connectivity index (χ1) is 9.15. The van der Waals surface area contributed by atoms with E-state index in [9.17, 15) is 0 Å². The zero-order chi connectivity index (χ0) is 13.4. The van der Waals surface area contributed by atoms with Crippen molar-refractivity contribution in [1.29, 1.82) is 0 Å². The van der Waals surface area contributed by atoms with Crippen LogP contribution in [-0.4, -0.2) is 4.98 Å². The summed E-state index contributed by atoms with van der Waals surface area (Å²) in [5.41, 5.74) is 3.83. The number of pyridine rings is 1. The van der Waals surface area contributed by atoms with Crippen LogP contribution < -0.4 is 4.74 Å². The van der Waals surface area contributed by atoms with E-state index in [4.69, 9.17) is 4.74 Å². The second-order valence-corrected chi connectivity index (χ2v) is 5.65. The normalized spacial score (nSPS) is 14.5. The predicted octanol–water partition coefficient (Wildman–Crippen LogP) is 4.54. The van der Waals surface area contributed by atoms with Crippen LogP contribution in [0.15, 0.2) is 36.5 Å². The Bertz CT molecular complexity index is 604. The van der Waals surface area contributed by atoms with E-state index in [-0.39, 0.29) is 0 Å². The van der Waals surface area contributed by atoms with Gasteiger partial charge in [0.15, 0.2) is 0 Å². The molecule has 0 bridgehead atoms. The minimum absolute atomic E-state index is 0.570. The van der Waals surface area contributed by atoms with Crippen molar-refractivity contribution < 1.29 is 4.74 Å². The number of hydrogen-bond acceptors (Lipinski definition) is 2. The molecular weight excluding hydrogens is 234 g/mol. The van der Waals surface area contributed by atoms with Gasteiger partial charge in [-0.2, -0.15) is 0 Å². The lowest BCUT2D eigenvalue weighted by Crippen LogP contribution is -2.07. The highest BCUT2D eigenvalue weighted by molar-refractivity contribution is 5.48. The molecule has 1 aliphatic heterocycles. The first-order valence-electron chi connectivity index (χ1n) is 6.89. The fourth-order valence-corrected chi connectivity index (χ4v) is 2.47. The van der Waals surface area contributed by atoms with E-state index >= 15 is 0 Å². The Balaban J connectivity index is 1.96. The zero-order valence-electron chi connectivity index (χ0n) is 11.7. The quantitative estimate of drug-likeness (QED) is 0.669. The molecule has 2 heterocycles. The summed E-state index contributed by atoms with van der Waals surface area (Å²) in [4.78, 5) is 4.28. The number of ether oxygens (including phenoxy) is 1. The summed E-state index contributed by atoms with van der Waals surface area (Å²) in [5.74, 6) is 2.92. The van der Waals surface area contributed by atoms with Crippen molar-refractivity contribution in [1.82, 2.24) is 4.98 Å². The van der Waals surface area contributed by atoms with Crippen molar-refractivity contribution >= 4 is 0 Å². The van der Waals surface area contributed by atoms with Crippen LogP contribution in [0.2, 0.25) is 0 Å². The minimum atomic E-state index is 0.570. The highest BCUT2D eigenvalue weighted by Gasteiger charge is 2.19. The third kappa shape index (κ3) is 2.23. The highest BCUT2D eigenvalue weighted by Crippen LogP contribution is 2.37. The van der Waals surface area contributed by atoms with E-state index in [1.807, 2.05) is 6.07 Å². The molecule has 2 heteroatoms. The lowest BCUT2D eigenvalue weighted by molar-refractivity contribution is 0.439. The summed E-state index contributed by atoms with van der Waals surface area (Å²) < 4.78 is 5.86. The van der Waals surface area contributed by atoms with Crippen molar-refractivity contribution in [3.05, 3.63) is 53.2 Å². The number of hydrogen-bond donors (Lipinski definition) is 0. The van der Waals surface area contributed by atoms with Gasteiger partial charge in [-0.05, 0) is 35.1 Å². The monoisotopic (exact) mass is 253 g/mol. The van der Waals surface area contributed by atoms with Crippen molar-refractivity contribution in [2.45, 2.75) is 33.1 Å². The van der Waals surface area contributed by atoms with Gasteiger partial charge >= 0.3 is 0 Å². The molecule has 0 fully saturated rings. The lowest BCUT2D eigenvalue weighted by atomic mass is 9.88. The van der Waals surface area contributed by atoms with E-state index in [2.05, 4.69) is 50.0 Å². The summed E-state index contributed by atoms with van der Waals surface area (Å²) in [6, 6.07) is 10.6. The molecule has 0 amide bonds. The molecule has 0 spiro atoms. The van der Waals surface area contributed by atoms with Crippen LogP contribution in [0, 0.1) is 5.92 Å². The Morgan fingerprint density at radius 2 is 1.95 bits per heavy atom. The zero-order valence-corrected chi connectivity index (χ0v) is 11.7. The van der Waals surface area contributed by atoms with E-state index in [1.165, 1.54) is 16.7 Å². The van der Waals surface area contributed by atoms with Crippen molar-refractivity contribution in [3.63, 3.8) is 0 Å². The van der Waals surface area contributed by atoms with Gasteiger partial charge in [0.25, 0.3) is 0 Å². The molecule has 0 saturated heterocycles. The number of rotatable bonds is 2. The molecule has 19 heavy (non-hydrogen) atoms. The fourth-order valence-electron chi connectivity index (χ4n) is 2.47. The summed E-state index contributed by atoms with van der Waals surface area (Å²) in [6.45, 7) is 6.81. The van der Waals surface area contributed by atoms with Crippen molar-refractivity contribution in [2.75, 3.05) is 0 Å². The molecule has 0 radical (unpaired) electrons. The molecule has 3 rings (SSSR count). The van der Waals surface area contributed by atoms with Crippen molar-refractivity contribution in [3.8, 4) is 11.6 Å². The van der Waals surface area contributed by atoms with Crippen LogP contribution in [0.4, 0.5) is 0 Å². The number of aromatic nitrogens is 1. The Hall–Kier alpha value is -1.83. The molecule has 0 N–H and O–H groups in total. The lowest BCUT2D eigenvalue weighted by Gasteiger charge is -2.22. The van der Waals surface area contributed by atoms with Gasteiger partial charge in [0, 0.05) is 18.2 Å². The van der Waals surface area contributed by atoms with Gasteiger partial charge in [-0.25, -0.2) is 4.98 Å². The maximum absolute atomic E-state index is 5.86. The maximum Gasteiger partial charge on any atom is 0.222 e. The third-order valence-electron chi connectivity index (χ3n) is 4.05. The third-order valence-corrected chi connectivity index (χ3v) is 4.05. The Morgan fingerprint density at radius 1 is 1.11 bits per heavy atom. The standard InChI is InChI=1S/C17H19NO/c1-11(2)12(3)13-6-7-16-15(9-13)10-14-5-4-8-18-17(14)19-16/h4-9,11-12H,10H2,1-3H3. The minimum Gasteiger partial charge on any atom is -0.438 e. The van der Waals surface area contributed by atoms with Crippen LogP contribution in [-0.2, 0) is 6.42 Å². The molecular formula is C17H19NO. The first kappa shape index (κ1) is 12.2. The maximum atomic E-state index is 5.86. The van der Waals surface area contributed by atoms with Crippen LogP contribution in [0.1, 0.15) is 43.4 Å². The SMILES string of the molecule is CC(C)C(C)c1ccc2c(c1)Cc1cccnc1O2.